The molecule has 98 valence electrons. The van der Waals surface area contributed by atoms with Gasteiger partial charge in [0.15, 0.2) is 0 Å². The average molecular weight is 249 g/mol. The van der Waals surface area contributed by atoms with Gasteiger partial charge < -0.3 is 4.90 Å². The van der Waals surface area contributed by atoms with Gasteiger partial charge in [0.1, 0.15) is 5.54 Å². The minimum atomic E-state index is -0.917. The molecule has 2 unspecified atom stereocenters. The van der Waals surface area contributed by atoms with E-state index in [1.54, 1.807) is 13.8 Å². The standard InChI is InChI=1S/C13H19N3O2/c1-9-10(2)12(18)16(11(9)17)13(8-14)4-6-15(3)7-5-13/h9-10H,4-7H2,1-3H3. The van der Waals surface area contributed by atoms with Gasteiger partial charge in [-0.3, -0.25) is 14.5 Å². The Balaban J connectivity index is 2.32. The summed E-state index contributed by atoms with van der Waals surface area (Å²) in [5.41, 5.74) is -0.917. The third kappa shape index (κ3) is 1.72. The lowest BCUT2D eigenvalue weighted by Crippen LogP contribution is -2.56. The average Bonchev–Trinajstić information content (AvgIpc) is 2.56. The molecule has 0 aromatic carbocycles. The zero-order valence-electron chi connectivity index (χ0n) is 11.1. The first-order valence-corrected chi connectivity index (χ1v) is 6.40. The van der Waals surface area contributed by atoms with Crippen molar-refractivity contribution in [1.29, 1.82) is 5.26 Å². The van der Waals surface area contributed by atoms with Crippen LogP contribution in [0.15, 0.2) is 0 Å². The van der Waals surface area contributed by atoms with Crippen LogP contribution in [0, 0.1) is 23.2 Å². The zero-order chi connectivity index (χ0) is 13.5. The largest absolute Gasteiger partial charge is 0.306 e. The van der Waals surface area contributed by atoms with Crippen molar-refractivity contribution in [3.8, 4) is 6.07 Å². The number of nitriles is 1. The molecule has 2 rings (SSSR count). The summed E-state index contributed by atoms with van der Waals surface area (Å²) in [7, 11) is 1.99. The number of carbonyl (C=O) groups is 2. The van der Waals surface area contributed by atoms with Crippen molar-refractivity contribution in [2.75, 3.05) is 20.1 Å². The second kappa shape index (κ2) is 4.36. The molecule has 0 saturated carbocycles. The molecule has 2 saturated heterocycles. The van der Waals surface area contributed by atoms with E-state index in [1.807, 2.05) is 7.05 Å². The van der Waals surface area contributed by atoms with Gasteiger partial charge >= 0.3 is 0 Å². The van der Waals surface area contributed by atoms with Gasteiger partial charge in [0.05, 0.1) is 6.07 Å². The van der Waals surface area contributed by atoms with E-state index in [0.29, 0.717) is 12.8 Å². The second-order valence-corrected chi connectivity index (χ2v) is 5.54. The summed E-state index contributed by atoms with van der Waals surface area (Å²) in [6.07, 6.45) is 1.11. The normalized spacial score (nSPS) is 32.7. The van der Waals surface area contributed by atoms with Gasteiger partial charge in [0.25, 0.3) is 0 Å². The van der Waals surface area contributed by atoms with Gasteiger partial charge in [0, 0.05) is 24.9 Å². The molecule has 0 N–H and O–H groups in total. The SMILES string of the molecule is CC1C(=O)N(C2(C#N)CCN(C)CC2)C(=O)C1C. The van der Waals surface area contributed by atoms with Crippen molar-refractivity contribution in [2.24, 2.45) is 11.8 Å². The first-order valence-electron chi connectivity index (χ1n) is 6.40. The topological polar surface area (TPSA) is 64.4 Å². The molecule has 5 nitrogen and oxygen atoms in total. The quantitative estimate of drug-likeness (QED) is 0.639. The van der Waals surface area contributed by atoms with Crippen LogP contribution in [-0.2, 0) is 9.59 Å². The number of likely N-dealkylation sites (tertiary alicyclic amines) is 2. The maximum Gasteiger partial charge on any atom is 0.234 e. The maximum atomic E-state index is 12.2. The number of hydrogen-bond donors (Lipinski definition) is 0. The van der Waals surface area contributed by atoms with E-state index in [2.05, 4.69) is 11.0 Å². The monoisotopic (exact) mass is 249 g/mol. The summed E-state index contributed by atoms with van der Waals surface area (Å²) in [6, 6.07) is 2.24. The Morgan fingerprint density at radius 1 is 1.17 bits per heavy atom. The van der Waals surface area contributed by atoms with Crippen molar-refractivity contribution >= 4 is 11.8 Å². The minimum absolute atomic E-state index is 0.182. The lowest BCUT2D eigenvalue weighted by Gasteiger charge is -2.40. The highest BCUT2D eigenvalue weighted by molar-refractivity contribution is 6.05. The molecule has 2 amide bonds. The van der Waals surface area contributed by atoms with Gasteiger partial charge in [-0.05, 0) is 19.9 Å². The molecular formula is C13H19N3O2. The number of amides is 2. The van der Waals surface area contributed by atoms with Crippen LogP contribution in [0.25, 0.3) is 0 Å². The molecule has 0 spiro atoms. The zero-order valence-corrected chi connectivity index (χ0v) is 11.1. The van der Waals surface area contributed by atoms with Crippen molar-refractivity contribution in [3.05, 3.63) is 0 Å². The van der Waals surface area contributed by atoms with Gasteiger partial charge in [-0.15, -0.1) is 0 Å². The predicted molar refractivity (Wildman–Crippen MR) is 65.3 cm³/mol. The van der Waals surface area contributed by atoms with Crippen LogP contribution in [0.4, 0.5) is 0 Å². The molecule has 0 radical (unpaired) electrons. The Kier molecular flexibility index (Phi) is 3.16. The first-order chi connectivity index (χ1) is 8.43. The predicted octanol–water partition coefficient (Wildman–Crippen LogP) is 0.615. The molecule has 0 aromatic heterocycles. The van der Waals surface area contributed by atoms with Gasteiger partial charge in [-0.25, -0.2) is 0 Å². The van der Waals surface area contributed by atoms with Gasteiger partial charge in [0.2, 0.25) is 11.8 Å². The summed E-state index contributed by atoms with van der Waals surface area (Å²) in [5.74, 6) is -0.970. The molecule has 2 atom stereocenters. The van der Waals surface area contributed by atoms with Crippen molar-refractivity contribution < 1.29 is 9.59 Å². The van der Waals surface area contributed by atoms with Crippen molar-refractivity contribution in [3.63, 3.8) is 0 Å². The summed E-state index contributed by atoms with van der Waals surface area (Å²) < 4.78 is 0. The number of hydrogen-bond acceptors (Lipinski definition) is 4. The van der Waals surface area contributed by atoms with Gasteiger partial charge in [-0.1, -0.05) is 13.8 Å². The molecule has 0 bridgehead atoms. The minimum Gasteiger partial charge on any atom is -0.306 e. The van der Waals surface area contributed by atoms with Crippen LogP contribution < -0.4 is 0 Å². The summed E-state index contributed by atoms with van der Waals surface area (Å²) in [5, 5.41) is 9.48. The number of carbonyl (C=O) groups excluding carboxylic acids is 2. The fraction of sp³-hybridized carbons (Fsp3) is 0.769. The summed E-state index contributed by atoms with van der Waals surface area (Å²) in [4.78, 5) is 27.8. The van der Waals surface area contributed by atoms with Crippen LogP contribution in [0.5, 0.6) is 0 Å². The highest BCUT2D eigenvalue weighted by Gasteiger charge is 2.53. The van der Waals surface area contributed by atoms with Crippen LogP contribution in [0.1, 0.15) is 26.7 Å². The molecule has 18 heavy (non-hydrogen) atoms. The van der Waals surface area contributed by atoms with E-state index < -0.39 is 5.54 Å². The second-order valence-electron chi connectivity index (χ2n) is 5.54. The summed E-state index contributed by atoms with van der Waals surface area (Å²) >= 11 is 0. The number of piperidine rings is 1. The number of rotatable bonds is 1. The number of nitrogens with zero attached hydrogens (tertiary/aromatic N) is 3. The Morgan fingerprint density at radius 2 is 1.61 bits per heavy atom. The summed E-state index contributed by atoms with van der Waals surface area (Å²) in [6.45, 7) is 5.02. The third-order valence-electron chi connectivity index (χ3n) is 4.42. The first kappa shape index (κ1) is 13.0. The fourth-order valence-electron chi connectivity index (χ4n) is 2.74. The van der Waals surface area contributed by atoms with Crippen LogP contribution in [0.2, 0.25) is 0 Å². The molecular weight excluding hydrogens is 230 g/mol. The van der Waals surface area contributed by atoms with Gasteiger partial charge in [-0.2, -0.15) is 5.26 Å². The Morgan fingerprint density at radius 3 is 2.00 bits per heavy atom. The van der Waals surface area contributed by atoms with E-state index in [4.69, 9.17) is 0 Å². The van der Waals surface area contributed by atoms with Crippen LogP contribution in [0.3, 0.4) is 0 Å². The third-order valence-corrected chi connectivity index (χ3v) is 4.42. The van der Waals surface area contributed by atoms with Crippen molar-refractivity contribution in [1.82, 2.24) is 9.80 Å². The van der Waals surface area contributed by atoms with E-state index in [0.717, 1.165) is 13.1 Å². The van der Waals surface area contributed by atoms with Crippen LogP contribution in [-0.4, -0.2) is 47.3 Å². The van der Waals surface area contributed by atoms with E-state index in [1.165, 1.54) is 4.90 Å². The Bertz CT molecular complexity index is 398. The Hall–Kier alpha value is -1.41. The maximum absolute atomic E-state index is 12.2. The molecule has 2 fully saturated rings. The highest BCUT2D eigenvalue weighted by atomic mass is 16.2. The Labute approximate surface area is 107 Å². The van der Waals surface area contributed by atoms with E-state index in [9.17, 15) is 14.9 Å². The molecule has 0 aliphatic carbocycles. The smallest absolute Gasteiger partial charge is 0.234 e. The molecule has 2 aliphatic rings. The molecule has 2 aliphatic heterocycles. The fourth-order valence-corrected chi connectivity index (χ4v) is 2.74. The van der Waals surface area contributed by atoms with Crippen LogP contribution >= 0.6 is 0 Å². The molecule has 2 heterocycles. The lowest BCUT2D eigenvalue weighted by molar-refractivity contribution is -0.146. The lowest BCUT2D eigenvalue weighted by atomic mass is 9.87. The van der Waals surface area contributed by atoms with E-state index >= 15 is 0 Å². The molecule has 0 aromatic rings. The highest BCUT2D eigenvalue weighted by Crippen LogP contribution is 2.36. The number of imide groups is 1. The molecule has 5 heteroatoms. The van der Waals surface area contributed by atoms with E-state index in [-0.39, 0.29) is 23.7 Å². The van der Waals surface area contributed by atoms with Crippen molar-refractivity contribution in [2.45, 2.75) is 32.2 Å².